The first-order valence-corrected chi connectivity index (χ1v) is 8.54. The van der Waals surface area contributed by atoms with Gasteiger partial charge in [0.15, 0.2) is 0 Å². The van der Waals surface area contributed by atoms with Crippen LogP contribution >= 0.6 is 0 Å². The molecule has 136 valence electrons. The highest BCUT2D eigenvalue weighted by atomic mass is 16.1. The molecular formula is C19H19N7O. The van der Waals surface area contributed by atoms with Gasteiger partial charge in [0.25, 0.3) is 5.91 Å². The lowest BCUT2D eigenvalue weighted by Crippen LogP contribution is -2.27. The highest BCUT2D eigenvalue weighted by molar-refractivity contribution is 5.97. The van der Waals surface area contributed by atoms with Crippen molar-refractivity contribution in [1.29, 1.82) is 0 Å². The zero-order valence-corrected chi connectivity index (χ0v) is 15.0. The summed E-state index contributed by atoms with van der Waals surface area (Å²) in [4.78, 5) is 16.8. The maximum absolute atomic E-state index is 12.8. The summed E-state index contributed by atoms with van der Waals surface area (Å²) in [6.07, 6.45) is 8.50. The first kappa shape index (κ1) is 16.8. The molecule has 3 heterocycles. The van der Waals surface area contributed by atoms with E-state index in [1.807, 2.05) is 67.3 Å². The van der Waals surface area contributed by atoms with Crippen molar-refractivity contribution in [1.82, 2.24) is 34.4 Å². The Morgan fingerprint density at radius 1 is 1.11 bits per heavy atom. The zero-order chi connectivity index (χ0) is 18.8. The van der Waals surface area contributed by atoms with Crippen LogP contribution < -0.4 is 5.32 Å². The molecule has 0 aliphatic rings. The van der Waals surface area contributed by atoms with Crippen molar-refractivity contribution in [3.05, 3.63) is 78.8 Å². The lowest BCUT2D eigenvalue weighted by atomic mass is 10.1. The maximum Gasteiger partial charge on any atom is 0.257 e. The van der Waals surface area contributed by atoms with Gasteiger partial charge in [0.05, 0.1) is 17.9 Å². The second-order valence-corrected chi connectivity index (χ2v) is 6.22. The number of nitrogens with one attached hydrogen (secondary N) is 1. The number of hydrogen-bond donors (Lipinski definition) is 1. The Bertz CT molecular complexity index is 1030. The Morgan fingerprint density at radius 3 is 2.52 bits per heavy atom. The van der Waals surface area contributed by atoms with Crippen LogP contribution in [0, 0.1) is 0 Å². The number of nitrogens with zero attached hydrogens (tertiary/aromatic N) is 6. The van der Waals surface area contributed by atoms with E-state index < -0.39 is 0 Å². The number of carbonyl (C=O) groups is 1. The van der Waals surface area contributed by atoms with Crippen LogP contribution in [0.3, 0.4) is 0 Å². The molecule has 1 atom stereocenters. The molecule has 8 nitrogen and oxygen atoms in total. The predicted octanol–water partition coefficient (Wildman–Crippen LogP) is 2.28. The van der Waals surface area contributed by atoms with Crippen molar-refractivity contribution in [3.63, 3.8) is 0 Å². The minimum absolute atomic E-state index is 0.153. The molecular weight excluding hydrogens is 342 g/mol. The molecule has 1 aromatic carbocycles. The molecule has 8 heteroatoms. The summed E-state index contributed by atoms with van der Waals surface area (Å²) in [7, 11) is 1.82. The van der Waals surface area contributed by atoms with Gasteiger partial charge in [-0.1, -0.05) is 12.1 Å². The van der Waals surface area contributed by atoms with E-state index in [0.717, 1.165) is 17.1 Å². The zero-order valence-electron chi connectivity index (χ0n) is 15.0. The summed E-state index contributed by atoms with van der Waals surface area (Å²) in [6.45, 7) is 1.95. The third kappa shape index (κ3) is 3.24. The van der Waals surface area contributed by atoms with E-state index in [9.17, 15) is 4.79 Å². The molecule has 0 fully saturated rings. The van der Waals surface area contributed by atoms with E-state index in [0.29, 0.717) is 5.56 Å². The Balaban J connectivity index is 1.52. The van der Waals surface area contributed by atoms with Gasteiger partial charge in [-0.05, 0) is 36.8 Å². The molecule has 0 aliphatic carbocycles. The maximum atomic E-state index is 12.8. The van der Waals surface area contributed by atoms with Crippen molar-refractivity contribution >= 4 is 5.91 Å². The first-order chi connectivity index (χ1) is 13.1. The fourth-order valence-corrected chi connectivity index (χ4v) is 2.99. The van der Waals surface area contributed by atoms with Crippen molar-refractivity contribution in [3.8, 4) is 11.5 Å². The molecule has 27 heavy (non-hydrogen) atoms. The number of amides is 1. The van der Waals surface area contributed by atoms with Gasteiger partial charge in [0, 0.05) is 19.4 Å². The lowest BCUT2D eigenvalue weighted by Gasteiger charge is -2.15. The SMILES string of the molecule is CC(NC(=O)c1cnn(C)c1-n1cccc1)c1ccc(-n2cncn2)cc1. The minimum atomic E-state index is -0.167. The molecule has 0 spiro atoms. The Kier molecular flexibility index (Phi) is 4.29. The topological polar surface area (TPSA) is 82.6 Å². The van der Waals surface area contributed by atoms with Crippen LogP contribution in [0.15, 0.2) is 67.6 Å². The van der Waals surface area contributed by atoms with Crippen LogP contribution in [0.4, 0.5) is 0 Å². The van der Waals surface area contributed by atoms with E-state index in [1.54, 1.807) is 21.9 Å². The molecule has 0 bridgehead atoms. The lowest BCUT2D eigenvalue weighted by molar-refractivity contribution is 0.0940. The smallest absolute Gasteiger partial charge is 0.257 e. The van der Waals surface area contributed by atoms with Gasteiger partial charge in [0.2, 0.25) is 0 Å². The van der Waals surface area contributed by atoms with E-state index >= 15 is 0 Å². The van der Waals surface area contributed by atoms with Gasteiger partial charge >= 0.3 is 0 Å². The summed E-state index contributed by atoms with van der Waals surface area (Å²) >= 11 is 0. The summed E-state index contributed by atoms with van der Waals surface area (Å²) < 4.78 is 5.25. The molecule has 4 aromatic rings. The molecule has 0 saturated carbocycles. The third-order valence-electron chi connectivity index (χ3n) is 4.43. The van der Waals surface area contributed by atoms with Crippen LogP contribution in [-0.4, -0.2) is 35.0 Å². The van der Waals surface area contributed by atoms with Gasteiger partial charge in [-0.2, -0.15) is 10.2 Å². The number of carbonyl (C=O) groups excluding carboxylic acids is 1. The number of benzene rings is 1. The highest BCUT2D eigenvalue weighted by Crippen LogP contribution is 2.18. The molecule has 3 aromatic heterocycles. The van der Waals surface area contributed by atoms with Crippen molar-refractivity contribution in [2.75, 3.05) is 0 Å². The molecule has 0 radical (unpaired) electrons. The molecule has 0 aliphatic heterocycles. The Hall–Kier alpha value is -3.68. The summed E-state index contributed by atoms with van der Waals surface area (Å²) in [5.41, 5.74) is 2.44. The Labute approximate surface area is 156 Å². The van der Waals surface area contributed by atoms with Crippen LogP contribution in [-0.2, 0) is 7.05 Å². The average Bonchev–Trinajstić information content (AvgIpc) is 3.43. The summed E-state index contributed by atoms with van der Waals surface area (Å²) in [6, 6.07) is 11.5. The minimum Gasteiger partial charge on any atom is -0.345 e. The number of hydrogen-bond acceptors (Lipinski definition) is 4. The number of aryl methyl sites for hydroxylation is 1. The van der Waals surface area contributed by atoms with E-state index in [4.69, 9.17) is 0 Å². The molecule has 1 amide bonds. The Morgan fingerprint density at radius 2 is 1.85 bits per heavy atom. The quantitative estimate of drug-likeness (QED) is 0.591. The second-order valence-electron chi connectivity index (χ2n) is 6.22. The third-order valence-corrected chi connectivity index (χ3v) is 4.43. The fourth-order valence-electron chi connectivity index (χ4n) is 2.99. The average molecular weight is 361 g/mol. The van der Waals surface area contributed by atoms with Gasteiger partial charge in [-0.15, -0.1) is 0 Å². The number of aromatic nitrogens is 6. The second kappa shape index (κ2) is 6.91. The van der Waals surface area contributed by atoms with Crippen LogP contribution in [0.25, 0.3) is 11.5 Å². The molecule has 4 rings (SSSR count). The van der Waals surface area contributed by atoms with Gasteiger partial charge in [0.1, 0.15) is 24.0 Å². The normalized spacial score (nSPS) is 12.1. The standard InChI is InChI=1S/C19H19N7O/c1-14(15-5-7-16(8-6-15)26-13-20-12-22-26)23-18(27)17-11-21-24(2)19(17)25-9-3-4-10-25/h3-14H,1-2H3,(H,23,27). The van der Waals surface area contributed by atoms with Crippen molar-refractivity contribution in [2.45, 2.75) is 13.0 Å². The molecule has 0 saturated heterocycles. The first-order valence-electron chi connectivity index (χ1n) is 8.54. The van der Waals surface area contributed by atoms with Crippen molar-refractivity contribution < 1.29 is 4.79 Å². The fraction of sp³-hybridized carbons (Fsp3) is 0.158. The molecule has 1 N–H and O–H groups in total. The van der Waals surface area contributed by atoms with Gasteiger partial charge in [-0.3, -0.25) is 9.48 Å². The van der Waals surface area contributed by atoms with Crippen LogP contribution in [0.1, 0.15) is 28.9 Å². The highest BCUT2D eigenvalue weighted by Gasteiger charge is 2.19. The van der Waals surface area contributed by atoms with Crippen LogP contribution in [0.5, 0.6) is 0 Å². The van der Waals surface area contributed by atoms with Crippen LogP contribution in [0.2, 0.25) is 0 Å². The van der Waals surface area contributed by atoms with Gasteiger partial charge in [-0.25, -0.2) is 9.67 Å². The van der Waals surface area contributed by atoms with Crippen molar-refractivity contribution in [2.24, 2.45) is 7.05 Å². The molecule has 1 unspecified atom stereocenters. The number of rotatable bonds is 5. The van der Waals surface area contributed by atoms with E-state index in [2.05, 4.69) is 20.5 Å². The van der Waals surface area contributed by atoms with Gasteiger partial charge < -0.3 is 9.88 Å². The predicted molar refractivity (Wildman–Crippen MR) is 99.8 cm³/mol. The van der Waals surface area contributed by atoms with E-state index in [-0.39, 0.29) is 11.9 Å². The summed E-state index contributed by atoms with van der Waals surface area (Å²) in [5.74, 6) is 0.561. The summed E-state index contributed by atoms with van der Waals surface area (Å²) in [5, 5.41) is 11.4. The van der Waals surface area contributed by atoms with E-state index in [1.165, 1.54) is 6.33 Å². The monoisotopic (exact) mass is 361 g/mol. The largest absolute Gasteiger partial charge is 0.345 e.